The van der Waals surface area contributed by atoms with Crippen LogP contribution >= 0.6 is 0 Å². The molecule has 0 aliphatic rings. The highest BCUT2D eigenvalue weighted by Crippen LogP contribution is 2.25. The number of benzene rings is 2. The van der Waals surface area contributed by atoms with Crippen LogP contribution in [-0.2, 0) is 10.0 Å². The molecule has 4 aromatic rings. The van der Waals surface area contributed by atoms with Gasteiger partial charge in [-0.1, -0.05) is 24.3 Å². The normalized spacial score (nSPS) is 11.3. The molecule has 4 rings (SSSR count). The summed E-state index contributed by atoms with van der Waals surface area (Å²) in [5.41, 5.74) is 2.13. The van der Waals surface area contributed by atoms with Crippen molar-refractivity contribution in [2.24, 2.45) is 0 Å². The number of hydrogen-bond acceptors (Lipinski definition) is 4. The molecule has 0 amide bonds. The molecule has 0 spiro atoms. The Kier molecular flexibility index (Phi) is 4.62. The molecular formula is C20H15FN4O2S. The Bertz CT molecular complexity index is 1190. The molecule has 1 N–H and O–H groups in total. The Hall–Kier alpha value is -3.52. The molecule has 0 bridgehead atoms. The van der Waals surface area contributed by atoms with E-state index in [1.165, 1.54) is 29.1 Å². The first-order valence-electron chi connectivity index (χ1n) is 8.38. The molecule has 2 heterocycles. The summed E-state index contributed by atoms with van der Waals surface area (Å²) in [7, 11) is -3.86. The van der Waals surface area contributed by atoms with Crippen LogP contribution in [0.3, 0.4) is 0 Å². The third kappa shape index (κ3) is 3.63. The maximum atomic E-state index is 13.3. The van der Waals surface area contributed by atoms with Crippen molar-refractivity contribution in [2.45, 2.75) is 4.90 Å². The lowest BCUT2D eigenvalue weighted by Gasteiger charge is -2.11. The van der Waals surface area contributed by atoms with Gasteiger partial charge in [0, 0.05) is 11.8 Å². The largest absolute Gasteiger partial charge is 0.276 e. The summed E-state index contributed by atoms with van der Waals surface area (Å²) < 4.78 is 38.8. The van der Waals surface area contributed by atoms with Crippen LogP contribution < -0.4 is 4.83 Å². The van der Waals surface area contributed by atoms with E-state index in [-0.39, 0.29) is 10.7 Å². The second-order valence-electron chi connectivity index (χ2n) is 5.96. The van der Waals surface area contributed by atoms with Gasteiger partial charge >= 0.3 is 0 Å². The van der Waals surface area contributed by atoms with Gasteiger partial charge in [0.05, 0.1) is 16.3 Å². The standard InChI is InChI=1S/C20H15FN4O2S/c21-16-11-9-15(10-12-16)20-14-19(18-8-4-5-13-22-18)23-25(20)24-28(26,27)17-6-2-1-3-7-17/h1-14,24H. The highest BCUT2D eigenvalue weighted by atomic mass is 32.2. The van der Waals surface area contributed by atoms with Crippen molar-refractivity contribution in [2.75, 3.05) is 4.83 Å². The molecule has 2 aromatic carbocycles. The van der Waals surface area contributed by atoms with Gasteiger partial charge in [0.2, 0.25) is 0 Å². The Morgan fingerprint density at radius 2 is 1.57 bits per heavy atom. The first kappa shape index (κ1) is 17.9. The predicted octanol–water partition coefficient (Wildman–Crippen LogP) is 3.68. The molecule has 28 heavy (non-hydrogen) atoms. The van der Waals surface area contributed by atoms with E-state index in [0.717, 1.165) is 0 Å². The van der Waals surface area contributed by atoms with Gasteiger partial charge in [-0.2, -0.15) is 18.0 Å². The van der Waals surface area contributed by atoms with Crippen molar-refractivity contribution < 1.29 is 12.8 Å². The molecule has 8 heteroatoms. The molecular weight excluding hydrogens is 379 g/mol. The third-order valence-electron chi connectivity index (χ3n) is 4.04. The molecule has 2 aromatic heterocycles. The fraction of sp³-hybridized carbons (Fsp3) is 0. The lowest BCUT2D eigenvalue weighted by atomic mass is 10.1. The van der Waals surface area contributed by atoms with Crippen LogP contribution in [0.2, 0.25) is 0 Å². The average Bonchev–Trinajstić information content (AvgIpc) is 3.13. The number of nitrogens with one attached hydrogen (secondary N) is 1. The van der Waals surface area contributed by atoms with Crippen LogP contribution in [0.5, 0.6) is 0 Å². The van der Waals surface area contributed by atoms with E-state index in [0.29, 0.717) is 22.6 Å². The van der Waals surface area contributed by atoms with Crippen molar-refractivity contribution in [3.8, 4) is 22.6 Å². The Labute approximate surface area is 161 Å². The number of halogens is 1. The molecule has 0 aliphatic carbocycles. The summed E-state index contributed by atoms with van der Waals surface area (Å²) in [4.78, 5) is 7.99. The van der Waals surface area contributed by atoms with Crippen LogP contribution in [0.25, 0.3) is 22.6 Å². The first-order chi connectivity index (χ1) is 13.5. The van der Waals surface area contributed by atoms with Crippen LogP contribution in [0, 0.1) is 5.82 Å². The van der Waals surface area contributed by atoms with Gasteiger partial charge in [-0.3, -0.25) is 4.98 Å². The number of hydrogen-bond donors (Lipinski definition) is 1. The summed E-state index contributed by atoms with van der Waals surface area (Å²) in [6, 6.07) is 20.8. The monoisotopic (exact) mass is 394 g/mol. The SMILES string of the molecule is O=S(=O)(Nn1nc(-c2ccccn2)cc1-c1ccc(F)cc1)c1ccccc1. The molecule has 0 saturated heterocycles. The van der Waals surface area contributed by atoms with Gasteiger partial charge in [0.15, 0.2) is 0 Å². The van der Waals surface area contributed by atoms with Crippen molar-refractivity contribution >= 4 is 10.0 Å². The van der Waals surface area contributed by atoms with Gasteiger partial charge in [-0.15, -0.1) is 5.10 Å². The summed E-state index contributed by atoms with van der Waals surface area (Å²) in [5.74, 6) is -0.385. The number of sulfonamides is 1. The fourth-order valence-electron chi connectivity index (χ4n) is 2.68. The van der Waals surface area contributed by atoms with Gasteiger partial charge in [0.25, 0.3) is 10.0 Å². The number of pyridine rings is 1. The van der Waals surface area contributed by atoms with E-state index in [2.05, 4.69) is 14.9 Å². The van der Waals surface area contributed by atoms with E-state index in [1.807, 2.05) is 6.07 Å². The van der Waals surface area contributed by atoms with Crippen LogP contribution in [0.15, 0.2) is 90.0 Å². The zero-order chi connectivity index (χ0) is 19.6. The molecule has 0 atom stereocenters. The number of rotatable bonds is 5. The van der Waals surface area contributed by atoms with Gasteiger partial charge in [-0.05, 0) is 54.6 Å². The Balaban J connectivity index is 1.81. The Morgan fingerprint density at radius 1 is 0.857 bits per heavy atom. The zero-order valence-corrected chi connectivity index (χ0v) is 15.3. The maximum absolute atomic E-state index is 13.3. The molecule has 0 unspecified atom stereocenters. The van der Waals surface area contributed by atoms with Gasteiger partial charge in [-0.25, -0.2) is 4.39 Å². The van der Waals surface area contributed by atoms with E-state index < -0.39 is 10.0 Å². The molecule has 0 radical (unpaired) electrons. The maximum Gasteiger partial charge on any atom is 0.276 e. The van der Waals surface area contributed by atoms with Crippen LogP contribution in [-0.4, -0.2) is 23.3 Å². The number of aromatic nitrogens is 3. The third-order valence-corrected chi connectivity index (χ3v) is 5.34. The molecule has 6 nitrogen and oxygen atoms in total. The van der Waals surface area contributed by atoms with E-state index in [1.54, 1.807) is 54.7 Å². The number of nitrogens with zero attached hydrogens (tertiary/aromatic N) is 3. The highest BCUT2D eigenvalue weighted by Gasteiger charge is 2.19. The van der Waals surface area contributed by atoms with Crippen molar-refractivity contribution in [3.63, 3.8) is 0 Å². The lowest BCUT2D eigenvalue weighted by Crippen LogP contribution is -2.25. The smallest absolute Gasteiger partial charge is 0.255 e. The first-order valence-corrected chi connectivity index (χ1v) is 9.86. The van der Waals surface area contributed by atoms with E-state index >= 15 is 0 Å². The van der Waals surface area contributed by atoms with Crippen molar-refractivity contribution in [1.82, 2.24) is 14.9 Å². The van der Waals surface area contributed by atoms with Crippen LogP contribution in [0.1, 0.15) is 0 Å². The molecule has 140 valence electrons. The average molecular weight is 394 g/mol. The summed E-state index contributed by atoms with van der Waals surface area (Å²) in [6.45, 7) is 0. The van der Waals surface area contributed by atoms with Gasteiger partial charge < -0.3 is 0 Å². The molecule has 0 aliphatic heterocycles. The lowest BCUT2D eigenvalue weighted by molar-refractivity contribution is 0.592. The van der Waals surface area contributed by atoms with Crippen molar-refractivity contribution in [3.05, 3.63) is 90.9 Å². The zero-order valence-electron chi connectivity index (χ0n) is 14.5. The second kappa shape index (κ2) is 7.24. The minimum atomic E-state index is -3.86. The van der Waals surface area contributed by atoms with E-state index in [9.17, 15) is 12.8 Å². The summed E-state index contributed by atoms with van der Waals surface area (Å²) >= 11 is 0. The van der Waals surface area contributed by atoms with Gasteiger partial charge in [0.1, 0.15) is 11.5 Å². The van der Waals surface area contributed by atoms with E-state index in [4.69, 9.17) is 0 Å². The minimum absolute atomic E-state index is 0.106. The van der Waals surface area contributed by atoms with Crippen LogP contribution in [0.4, 0.5) is 4.39 Å². The highest BCUT2D eigenvalue weighted by molar-refractivity contribution is 7.92. The minimum Gasteiger partial charge on any atom is -0.255 e. The Morgan fingerprint density at radius 3 is 2.25 bits per heavy atom. The topological polar surface area (TPSA) is 76.9 Å². The summed E-state index contributed by atoms with van der Waals surface area (Å²) in [6.07, 6.45) is 1.63. The second-order valence-corrected chi connectivity index (χ2v) is 7.62. The quantitative estimate of drug-likeness (QED) is 0.560. The molecule has 0 fully saturated rings. The van der Waals surface area contributed by atoms with Crippen molar-refractivity contribution in [1.29, 1.82) is 0 Å². The fourth-order valence-corrected chi connectivity index (χ4v) is 3.67. The summed E-state index contributed by atoms with van der Waals surface area (Å²) in [5, 5.41) is 4.36. The molecule has 0 saturated carbocycles. The predicted molar refractivity (Wildman–Crippen MR) is 104 cm³/mol.